The lowest BCUT2D eigenvalue weighted by Crippen LogP contribution is -2.04. The van der Waals surface area contributed by atoms with Crippen LogP contribution in [0.2, 0.25) is 0 Å². The predicted octanol–water partition coefficient (Wildman–Crippen LogP) is 4.25. The van der Waals surface area contributed by atoms with Crippen molar-refractivity contribution in [1.29, 1.82) is 0 Å². The van der Waals surface area contributed by atoms with Crippen LogP contribution in [0.3, 0.4) is 0 Å². The normalized spacial score (nSPS) is 10.9. The Morgan fingerprint density at radius 3 is 2.81 bits per heavy atom. The number of rotatable bonds is 5. The standard InChI is InChI=1S/C18H18N2S/c1-19-12-14-5-2-9-17(11-14)21-13-16-7-3-6-15-8-4-10-20-18(15)16/h2-11,19H,12-13H2,1H3. The van der Waals surface area contributed by atoms with Crippen molar-refractivity contribution in [1.82, 2.24) is 10.3 Å². The summed E-state index contributed by atoms with van der Waals surface area (Å²) in [5.41, 5.74) is 3.72. The van der Waals surface area contributed by atoms with Crippen molar-refractivity contribution in [3.05, 3.63) is 71.9 Å². The molecule has 3 rings (SSSR count). The van der Waals surface area contributed by atoms with Crippen LogP contribution in [-0.4, -0.2) is 12.0 Å². The molecule has 1 heterocycles. The van der Waals surface area contributed by atoms with Crippen LogP contribution in [0.1, 0.15) is 11.1 Å². The lowest BCUT2D eigenvalue weighted by Gasteiger charge is -2.07. The number of aromatic nitrogens is 1. The van der Waals surface area contributed by atoms with Gasteiger partial charge in [0, 0.05) is 28.8 Å². The Labute approximate surface area is 129 Å². The molecule has 0 atom stereocenters. The van der Waals surface area contributed by atoms with Crippen LogP contribution >= 0.6 is 11.8 Å². The first-order valence-electron chi connectivity index (χ1n) is 7.06. The van der Waals surface area contributed by atoms with Gasteiger partial charge in [-0.3, -0.25) is 4.98 Å². The summed E-state index contributed by atoms with van der Waals surface area (Å²) in [4.78, 5) is 5.82. The van der Waals surface area contributed by atoms with Gasteiger partial charge in [0.1, 0.15) is 0 Å². The molecule has 106 valence electrons. The fraction of sp³-hybridized carbons (Fsp3) is 0.167. The highest BCUT2D eigenvalue weighted by Crippen LogP contribution is 2.26. The molecule has 3 aromatic rings. The van der Waals surface area contributed by atoms with E-state index in [1.165, 1.54) is 21.4 Å². The van der Waals surface area contributed by atoms with E-state index in [1.54, 1.807) is 0 Å². The Bertz CT molecular complexity index is 735. The third-order valence-electron chi connectivity index (χ3n) is 3.39. The molecule has 3 heteroatoms. The molecule has 2 nitrogen and oxygen atoms in total. The van der Waals surface area contributed by atoms with Crippen LogP contribution in [0.25, 0.3) is 10.9 Å². The van der Waals surface area contributed by atoms with Gasteiger partial charge in [-0.05, 0) is 36.4 Å². The molecular formula is C18H18N2S. The fourth-order valence-electron chi connectivity index (χ4n) is 2.39. The van der Waals surface area contributed by atoms with E-state index >= 15 is 0 Å². The lowest BCUT2D eigenvalue weighted by atomic mass is 10.1. The minimum absolute atomic E-state index is 0.907. The smallest absolute Gasteiger partial charge is 0.0742 e. The molecule has 21 heavy (non-hydrogen) atoms. The summed E-state index contributed by atoms with van der Waals surface area (Å²) >= 11 is 1.86. The van der Waals surface area contributed by atoms with Crippen LogP contribution in [0, 0.1) is 0 Å². The third-order valence-corrected chi connectivity index (χ3v) is 4.43. The van der Waals surface area contributed by atoms with E-state index in [2.05, 4.69) is 58.8 Å². The van der Waals surface area contributed by atoms with Gasteiger partial charge >= 0.3 is 0 Å². The van der Waals surface area contributed by atoms with Crippen LogP contribution in [0.4, 0.5) is 0 Å². The minimum atomic E-state index is 0.907. The molecular weight excluding hydrogens is 276 g/mol. The van der Waals surface area contributed by atoms with Gasteiger partial charge in [-0.25, -0.2) is 0 Å². The first-order chi connectivity index (χ1) is 10.4. The van der Waals surface area contributed by atoms with Crippen molar-refractivity contribution < 1.29 is 0 Å². The van der Waals surface area contributed by atoms with Crippen molar-refractivity contribution in [2.24, 2.45) is 0 Å². The molecule has 0 spiro atoms. The second-order valence-corrected chi connectivity index (χ2v) is 6.01. The maximum Gasteiger partial charge on any atom is 0.0742 e. The Morgan fingerprint density at radius 1 is 1.05 bits per heavy atom. The Hall–Kier alpha value is -1.84. The quantitative estimate of drug-likeness (QED) is 0.712. The molecule has 1 N–H and O–H groups in total. The highest BCUT2D eigenvalue weighted by Gasteiger charge is 2.03. The maximum absolute atomic E-state index is 4.52. The van der Waals surface area contributed by atoms with Gasteiger partial charge in [0.25, 0.3) is 0 Å². The molecule has 2 aromatic carbocycles. The molecule has 1 aromatic heterocycles. The largest absolute Gasteiger partial charge is 0.316 e. The van der Waals surface area contributed by atoms with Gasteiger partial charge in [-0.15, -0.1) is 11.8 Å². The summed E-state index contributed by atoms with van der Waals surface area (Å²) in [6.07, 6.45) is 1.87. The van der Waals surface area contributed by atoms with Crippen LogP contribution in [0.15, 0.2) is 65.7 Å². The Kier molecular flexibility index (Phi) is 4.53. The van der Waals surface area contributed by atoms with E-state index < -0.39 is 0 Å². The zero-order chi connectivity index (χ0) is 14.5. The van der Waals surface area contributed by atoms with Crippen LogP contribution < -0.4 is 5.32 Å². The SMILES string of the molecule is CNCc1cccc(SCc2cccc3cccnc23)c1. The molecule has 0 fully saturated rings. The van der Waals surface area contributed by atoms with Crippen LogP contribution in [0.5, 0.6) is 0 Å². The maximum atomic E-state index is 4.52. The first kappa shape index (κ1) is 14.1. The van der Waals surface area contributed by atoms with E-state index in [4.69, 9.17) is 0 Å². The van der Waals surface area contributed by atoms with Crippen molar-refractivity contribution in [3.8, 4) is 0 Å². The molecule has 0 saturated carbocycles. The highest BCUT2D eigenvalue weighted by atomic mass is 32.2. The molecule has 0 unspecified atom stereocenters. The van der Waals surface area contributed by atoms with E-state index in [9.17, 15) is 0 Å². The molecule has 0 aliphatic carbocycles. The molecule has 0 aliphatic heterocycles. The summed E-state index contributed by atoms with van der Waals surface area (Å²) in [5.74, 6) is 0.942. The molecule has 0 aliphatic rings. The molecule has 0 radical (unpaired) electrons. The van der Waals surface area contributed by atoms with Crippen molar-refractivity contribution >= 4 is 22.7 Å². The average Bonchev–Trinajstić information content (AvgIpc) is 2.53. The summed E-state index contributed by atoms with van der Waals surface area (Å²) < 4.78 is 0. The van der Waals surface area contributed by atoms with E-state index in [1.807, 2.05) is 31.1 Å². The predicted molar refractivity (Wildman–Crippen MR) is 90.5 cm³/mol. The number of pyridine rings is 1. The second kappa shape index (κ2) is 6.74. The number of benzene rings is 2. The summed E-state index contributed by atoms with van der Waals surface area (Å²) in [5, 5.41) is 4.40. The monoisotopic (exact) mass is 294 g/mol. The molecule has 0 amide bonds. The van der Waals surface area contributed by atoms with Crippen molar-refractivity contribution in [3.63, 3.8) is 0 Å². The van der Waals surface area contributed by atoms with Gasteiger partial charge < -0.3 is 5.32 Å². The molecule has 0 bridgehead atoms. The van der Waals surface area contributed by atoms with Gasteiger partial charge in [0.2, 0.25) is 0 Å². The Morgan fingerprint density at radius 2 is 1.90 bits per heavy atom. The van der Waals surface area contributed by atoms with Gasteiger partial charge in [-0.2, -0.15) is 0 Å². The first-order valence-corrected chi connectivity index (χ1v) is 8.04. The molecule has 0 saturated heterocycles. The number of hydrogen-bond donors (Lipinski definition) is 1. The number of nitrogens with zero attached hydrogens (tertiary/aromatic N) is 1. The number of hydrogen-bond acceptors (Lipinski definition) is 3. The van der Waals surface area contributed by atoms with Gasteiger partial charge in [-0.1, -0.05) is 36.4 Å². The lowest BCUT2D eigenvalue weighted by molar-refractivity contribution is 0.815. The van der Waals surface area contributed by atoms with Gasteiger partial charge in [0.15, 0.2) is 0 Å². The zero-order valence-electron chi connectivity index (χ0n) is 12.0. The number of para-hydroxylation sites is 1. The minimum Gasteiger partial charge on any atom is -0.316 e. The van der Waals surface area contributed by atoms with Gasteiger partial charge in [0.05, 0.1) is 5.52 Å². The van der Waals surface area contributed by atoms with E-state index in [-0.39, 0.29) is 0 Å². The van der Waals surface area contributed by atoms with E-state index in [0.29, 0.717) is 0 Å². The highest BCUT2D eigenvalue weighted by molar-refractivity contribution is 7.98. The fourth-order valence-corrected chi connectivity index (χ4v) is 3.36. The topological polar surface area (TPSA) is 24.9 Å². The third kappa shape index (κ3) is 3.43. The van der Waals surface area contributed by atoms with Crippen LogP contribution in [-0.2, 0) is 12.3 Å². The van der Waals surface area contributed by atoms with Crippen molar-refractivity contribution in [2.45, 2.75) is 17.2 Å². The summed E-state index contributed by atoms with van der Waals surface area (Å²) in [6.45, 7) is 0.907. The summed E-state index contributed by atoms with van der Waals surface area (Å²) in [6, 6.07) is 19.2. The van der Waals surface area contributed by atoms with Crippen molar-refractivity contribution in [2.75, 3.05) is 7.05 Å². The number of thioether (sulfide) groups is 1. The summed E-state index contributed by atoms with van der Waals surface area (Å²) in [7, 11) is 1.97. The zero-order valence-corrected chi connectivity index (χ0v) is 12.9. The van der Waals surface area contributed by atoms with E-state index in [0.717, 1.165) is 17.8 Å². The number of nitrogens with one attached hydrogen (secondary N) is 1. The second-order valence-electron chi connectivity index (χ2n) is 4.96. The average molecular weight is 294 g/mol. The number of fused-ring (bicyclic) bond motifs is 1. The Balaban J connectivity index is 1.79.